The van der Waals surface area contributed by atoms with Crippen LogP contribution in [0.1, 0.15) is 57.6 Å². The van der Waals surface area contributed by atoms with Crippen molar-refractivity contribution in [2.24, 2.45) is 0 Å². The molecular weight excluding hydrogens is 1810 g/mol. The Hall–Kier alpha value is -16.6. The molecular formula is C98H76ClF2IN24O6. The highest BCUT2D eigenvalue weighted by Crippen LogP contribution is 2.36. The van der Waals surface area contributed by atoms with Crippen LogP contribution in [-0.2, 0) is 26.2 Å². The number of halogens is 4. The molecule has 0 bridgehead atoms. The largest absolute Gasteiger partial charge is 0.508 e. The third-order valence-corrected chi connectivity index (χ3v) is 23.5. The van der Waals surface area contributed by atoms with E-state index in [9.17, 15) is 38.2 Å². The van der Waals surface area contributed by atoms with E-state index in [2.05, 4.69) is 89.6 Å². The highest BCUT2D eigenvalue weighted by molar-refractivity contribution is 14.1. The van der Waals surface area contributed by atoms with Crippen molar-refractivity contribution in [2.75, 3.05) is 22.9 Å². The first kappa shape index (κ1) is 86.2. The maximum atomic E-state index is 14.7. The highest BCUT2D eigenvalue weighted by atomic mass is 127. The van der Waals surface area contributed by atoms with Crippen molar-refractivity contribution in [3.05, 3.63) is 368 Å². The molecule has 0 fully saturated rings. The molecule has 12 aromatic heterocycles. The van der Waals surface area contributed by atoms with E-state index in [1.54, 1.807) is 52.9 Å². The molecule has 0 aliphatic carbocycles. The van der Waals surface area contributed by atoms with Crippen LogP contribution in [0.4, 0.5) is 32.1 Å². The number of anilines is 4. The molecule has 9 aromatic carbocycles. The van der Waals surface area contributed by atoms with Crippen LogP contribution >= 0.6 is 34.2 Å². The molecule has 0 aliphatic heterocycles. The third kappa shape index (κ3) is 16.4. The molecule has 21 aromatic rings. The predicted molar refractivity (Wildman–Crippen MR) is 516 cm³/mol. The van der Waals surface area contributed by atoms with E-state index in [1.165, 1.54) is 52.8 Å². The van der Waals surface area contributed by atoms with Crippen molar-refractivity contribution in [3.63, 3.8) is 0 Å². The number of phenols is 1. The lowest BCUT2D eigenvalue weighted by molar-refractivity contribution is 0.253. The summed E-state index contributed by atoms with van der Waals surface area (Å²) in [5, 5.41) is 45.8. The molecule has 12 heterocycles. The SMILES string of the molecule is Cc1cccc2cc(Cn3nc(Cl)c4c(N)ncnc43)n(-c3ccccc3F)c(=O)c12.Cc1ccccc1-n1c(Cn2nc(-c3cc(O)cc(F)c3)c3c(N)ncnc32)cc2ccccc2c1=O.Cc1ccccc1-n1c(Cn2nc(C#C[C@@H](C)O)c3c(N)ncnc32)cc2ccccc2c1=O.Cc1ccccc1-n1c(Cn2nc(I)c3c(N)ncnc32)cc2ccccc2c1=O. The molecule has 30 nitrogen and oxygen atoms in total. The second-order valence-electron chi connectivity index (χ2n) is 31.1. The Morgan fingerprint density at radius 2 is 0.765 bits per heavy atom. The fourth-order valence-electron chi connectivity index (χ4n) is 16.4. The molecule has 0 unspecified atom stereocenters. The topological polar surface area (TPSA) is 407 Å². The lowest BCUT2D eigenvalue weighted by atomic mass is 10.1. The standard InChI is InChI=1S/C28H21FN6O2.C26H22N6O2.C22H16ClFN6O.C22H17IN6O/c1-16-6-2-5-9-23(16)35-20(11-17-7-3-4-8-22(17)28(35)37)14-34-27-24(26(30)31-15-32-27)25(33-34)18-10-19(29)13-21(36)12-18;1-16-7-3-6-10-22(16)32-19(13-18-8-4-5-9-20(18)26(32)34)14-31-25-23(24(27)28-15-29-25)21(30-31)12-11-17(2)33;1-12-5-4-6-13-9-14(10-29-21-18(19(23)28-29)20(25)26-11-27-21)30(22(31)17(12)13)16-8-3-2-7-15(16)24;1-13-6-2-5-9-17(13)29-15(10-14-7-3-4-8-16(14)22(29)30)11-28-21-18(19(23)27-28)20(24)25-12-26-21/h2-13,15,36H,14H2,1H3,(H2,30,31,32);3-10,13,15,17,33H,14H2,1-2H3,(H2,27,28,29);2-9,11H,10H2,1H3,(H2,25,26,27);2-10,12H,11H2,1H3,(H2,24,25,26)/t;17-;;/m.1../s1. The summed E-state index contributed by atoms with van der Waals surface area (Å²) >= 11 is 8.39. The van der Waals surface area contributed by atoms with Gasteiger partial charge >= 0.3 is 0 Å². The number of rotatable bonds is 13. The van der Waals surface area contributed by atoms with E-state index in [-0.39, 0.29) is 75.9 Å². The number of phenolic OH excluding ortho intramolecular Hbond substituents is 1. The minimum atomic E-state index is -0.822. The number of nitrogens with zero attached hydrogens (tertiary/aromatic N) is 20. The van der Waals surface area contributed by atoms with E-state index < -0.39 is 17.7 Å². The van der Waals surface area contributed by atoms with E-state index in [0.29, 0.717) is 101 Å². The number of benzene rings is 9. The summed E-state index contributed by atoms with van der Waals surface area (Å²) in [5.74, 6) is 5.24. The fraction of sp³-hybridized carbons (Fsp3) is 0.102. The number of nitrogens with two attached hydrogens (primary N) is 4. The molecule has 652 valence electrons. The molecule has 21 rings (SSSR count). The maximum absolute atomic E-state index is 14.7. The van der Waals surface area contributed by atoms with Crippen molar-refractivity contribution in [1.82, 2.24) is 97.3 Å². The molecule has 10 N–H and O–H groups in total. The average molecular weight is 1890 g/mol. The van der Waals surface area contributed by atoms with Crippen LogP contribution in [0.15, 0.2) is 275 Å². The van der Waals surface area contributed by atoms with E-state index >= 15 is 0 Å². The number of nitrogen functional groups attached to an aromatic ring is 4. The second-order valence-corrected chi connectivity index (χ2v) is 32.5. The van der Waals surface area contributed by atoms with E-state index in [1.807, 2.05) is 216 Å². The number of aryl methyl sites for hydroxylation is 4. The van der Waals surface area contributed by atoms with Crippen molar-refractivity contribution < 1.29 is 19.0 Å². The summed E-state index contributed by atoms with van der Waals surface area (Å²) in [6.07, 6.45) is 4.63. The number of pyridine rings is 4. The van der Waals surface area contributed by atoms with Crippen molar-refractivity contribution in [3.8, 4) is 51.6 Å². The molecule has 0 amide bonds. The molecule has 1 atom stereocenters. The summed E-state index contributed by atoms with van der Waals surface area (Å²) in [7, 11) is 0. The normalized spacial score (nSPS) is 11.6. The Morgan fingerprint density at radius 1 is 0.394 bits per heavy atom. The summed E-state index contributed by atoms with van der Waals surface area (Å²) in [5.41, 5.74) is 35.7. The second kappa shape index (κ2) is 35.9. The number of para-hydroxylation sites is 4. The van der Waals surface area contributed by atoms with Gasteiger partial charge in [0, 0.05) is 50.6 Å². The molecule has 0 aliphatic rings. The molecule has 34 heteroatoms. The predicted octanol–water partition coefficient (Wildman–Crippen LogP) is 14.9. The van der Waals surface area contributed by atoms with Gasteiger partial charge in [-0.05, 0) is 192 Å². The number of hydrogen-bond donors (Lipinski definition) is 6. The number of aliphatic hydroxyl groups excluding tert-OH is 1. The van der Waals surface area contributed by atoms with Crippen LogP contribution < -0.4 is 45.2 Å². The van der Waals surface area contributed by atoms with E-state index in [4.69, 9.17) is 39.6 Å². The Kier molecular flexibility index (Phi) is 23.5. The van der Waals surface area contributed by atoms with Gasteiger partial charge < -0.3 is 33.1 Å². The number of hydrogen-bond acceptors (Lipinski definition) is 22. The monoisotopic (exact) mass is 1880 g/mol. The van der Waals surface area contributed by atoms with Crippen molar-refractivity contribution in [2.45, 2.75) is 66.9 Å². The quantitative estimate of drug-likeness (QED) is 0.0461. The Bertz CT molecular complexity index is 8550. The molecule has 0 saturated carbocycles. The first-order chi connectivity index (χ1) is 63.8. The van der Waals surface area contributed by atoms with Gasteiger partial charge in [0.2, 0.25) is 0 Å². The highest BCUT2D eigenvalue weighted by Gasteiger charge is 2.26. The van der Waals surface area contributed by atoms with Gasteiger partial charge in [-0.2, -0.15) is 20.4 Å². The zero-order valence-corrected chi connectivity index (χ0v) is 73.9. The molecule has 0 radical (unpaired) electrons. The average Bonchev–Trinajstić information content (AvgIpc) is 1.41. The summed E-state index contributed by atoms with van der Waals surface area (Å²) < 4.78 is 42.7. The number of fused-ring (bicyclic) bond motifs is 8. The van der Waals surface area contributed by atoms with Crippen LogP contribution in [0.2, 0.25) is 5.15 Å². The van der Waals surface area contributed by atoms with Gasteiger partial charge in [-0.25, -0.2) is 67.4 Å². The van der Waals surface area contributed by atoms with Crippen LogP contribution in [0, 0.1) is 54.9 Å². The lowest BCUT2D eigenvalue weighted by Crippen LogP contribution is -2.25. The minimum Gasteiger partial charge on any atom is -0.508 e. The minimum absolute atomic E-state index is 0.0577. The van der Waals surface area contributed by atoms with Gasteiger partial charge in [0.25, 0.3) is 22.2 Å². The van der Waals surface area contributed by atoms with Crippen LogP contribution in [0.3, 0.4) is 0 Å². The Labute approximate surface area is 765 Å². The van der Waals surface area contributed by atoms with Gasteiger partial charge in [0.15, 0.2) is 27.7 Å². The van der Waals surface area contributed by atoms with Crippen LogP contribution in [0.25, 0.3) is 121 Å². The summed E-state index contributed by atoms with van der Waals surface area (Å²) in [6, 6.07) is 69.1. The van der Waals surface area contributed by atoms with Crippen molar-refractivity contribution >= 4 is 145 Å². The van der Waals surface area contributed by atoms with Gasteiger partial charge in [0.05, 0.1) is 70.5 Å². The van der Waals surface area contributed by atoms with Gasteiger partial charge in [-0.1, -0.05) is 157 Å². The Morgan fingerprint density at radius 3 is 1.24 bits per heavy atom. The smallest absolute Gasteiger partial charge is 0.263 e. The summed E-state index contributed by atoms with van der Waals surface area (Å²) in [4.78, 5) is 88.0. The first-order valence-electron chi connectivity index (χ1n) is 41.2. The zero-order chi connectivity index (χ0) is 92.0. The summed E-state index contributed by atoms with van der Waals surface area (Å²) in [6.45, 7) is 10.3. The first-order valence-corrected chi connectivity index (χ1v) is 42.7. The number of aromatic nitrogens is 20. The number of aromatic hydroxyl groups is 1. The zero-order valence-electron chi connectivity index (χ0n) is 70.9. The van der Waals surface area contributed by atoms with E-state index in [0.717, 1.165) is 87.4 Å². The van der Waals surface area contributed by atoms with Gasteiger partial charge in [0.1, 0.15) is 92.5 Å². The van der Waals surface area contributed by atoms with Crippen LogP contribution in [0.5, 0.6) is 5.75 Å². The van der Waals surface area contributed by atoms with Crippen LogP contribution in [-0.4, -0.2) is 114 Å². The third-order valence-electron chi connectivity index (χ3n) is 22.5. The Balaban J connectivity index is 0.000000118. The van der Waals surface area contributed by atoms with Gasteiger partial charge in [-0.3, -0.25) is 37.4 Å². The van der Waals surface area contributed by atoms with Crippen molar-refractivity contribution in [1.29, 1.82) is 0 Å². The fourth-order valence-corrected chi connectivity index (χ4v) is 17.4. The number of aliphatic hydroxyl groups is 1. The lowest BCUT2D eigenvalue weighted by Gasteiger charge is -2.17. The molecule has 0 spiro atoms. The van der Waals surface area contributed by atoms with Gasteiger partial charge in [-0.15, -0.1) is 0 Å². The maximum Gasteiger partial charge on any atom is 0.263 e. The molecule has 0 saturated heterocycles. The molecule has 132 heavy (non-hydrogen) atoms.